The predicted octanol–water partition coefficient (Wildman–Crippen LogP) is 2.78. The van der Waals surface area contributed by atoms with E-state index in [0.29, 0.717) is 5.92 Å². The van der Waals surface area contributed by atoms with Gasteiger partial charge in [-0.15, -0.1) is 0 Å². The first-order valence-electron chi connectivity index (χ1n) is 8.14. The van der Waals surface area contributed by atoms with Gasteiger partial charge in [-0.2, -0.15) is 5.10 Å². The van der Waals surface area contributed by atoms with Gasteiger partial charge in [0.05, 0.1) is 0 Å². The van der Waals surface area contributed by atoms with Gasteiger partial charge in [0.15, 0.2) is 5.82 Å². The monoisotopic (exact) mass is 297 g/mol. The number of rotatable bonds is 4. The van der Waals surface area contributed by atoms with Crippen LogP contribution in [0, 0.1) is 0 Å². The number of nitrogens with one attached hydrogen (secondary N) is 2. The Labute approximate surface area is 131 Å². The SMILES string of the molecule is CN1CCN(c2ccc(Nc3cc(C4CC4)[nH]n3)cc2)CC1. The van der Waals surface area contributed by atoms with Crippen LogP contribution in [0.3, 0.4) is 0 Å². The van der Waals surface area contributed by atoms with E-state index >= 15 is 0 Å². The van der Waals surface area contributed by atoms with Crippen LogP contribution < -0.4 is 10.2 Å². The van der Waals surface area contributed by atoms with Gasteiger partial charge in [0.25, 0.3) is 0 Å². The highest BCUT2D eigenvalue weighted by Gasteiger charge is 2.25. The molecule has 22 heavy (non-hydrogen) atoms. The third kappa shape index (κ3) is 2.95. The van der Waals surface area contributed by atoms with Gasteiger partial charge in [-0.25, -0.2) is 0 Å². The lowest BCUT2D eigenvalue weighted by atomic mass is 10.2. The maximum absolute atomic E-state index is 4.34. The van der Waals surface area contributed by atoms with Gasteiger partial charge >= 0.3 is 0 Å². The number of benzene rings is 1. The molecule has 1 saturated carbocycles. The van der Waals surface area contributed by atoms with E-state index in [1.54, 1.807) is 0 Å². The Balaban J connectivity index is 1.40. The van der Waals surface area contributed by atoms with Crippen molar-refractivity contribution in [3.63, 3.8) is 0 Å². The van der Waals surface area contributed by atoms with Crippen LogP contribution in [-0.4, -0.2) is 48.3 Å². The molecule has 5 heteroatoms. The lowest BCUT2D eigenvalue weighted by Crippen LogP contribution is -2.44. The van der Waals surface area contributed by atoms with E-state index < -0.39 is 0 Å². The molecule has 1 aliphatic heterocycles. The normalized spacial score (nSPS) is 19.4. The van der Waals surface area contributed by atoms with Crippen molar-refractivity contribution in [1.82, 2.24) is 15.1 Å². The van der Waals surface area contributed by atoms with Crippen molar-refractivity contribution >= 4 is 17.2 Å². The summed E-state index contributed by atoms with van der Waals surface area (Å²) in [6.45, 7) is 4.48. The molecule has 2 fully saturated rings. The second-order valence-corrected chi connectivity index (χ2v) is 6.44. The first kappa shape index (κ1) is 13.6. The van der Waals surface area contributed by atoms with E-state index in [0.717, 1.165) is 37.7 Å². The molecule has 0 atom stereocenters. The zero-order valence-electron chi connectivity index (χ0n) is 13.0. The predicted molar refractivity (Wildman–Crippen MR) is 90.0 cm³/mol. The molecule has 0 unspecified atom stereocenters. The van der Waals surface area contributed by atoms with Crippen molar-refractivity contribution < 1.29 is 0 Å². The number of H-pyrrole nitrogens is 1. The van der Waals surface area contributed by atoms with Crippen LogP contribution in [0.5, 0.6) is 0 Å². The summed E-state index contributed by atoms with van der Waals surface area (Å²) in [5.74, 6) is 1.62. The van der Waals surface area contributed by atoms with Crippen molar-refractivity contribution in [3.8, 4) is 0 Å². The first-order valence-corrected chi connectivity index (χ1v) is 8.14. The Morgan fingerprint density at radius 3 is 2.50 bits per heavy atom. The third-order valence-corrected chi connectivity index (χ3v) is 4.62. The summed E-state index contributed by atoms with van der Waals surface area (Å²) in [5, 5.41) is 10.8. The molecule has 2 heterocycles. The summed E-state index contributed by atoms with van der Waals surface area (Å²) >= 11 is 0. The minimum atomic E-state index is 0.711. The van der Waals surface area contributed by atoms with Gasteiger partial charge < -0.3 is 15.1 Å². The Morgan fingerprint density at radius 1 is 1.09 bits per heavy atom. The molecule has 2 aliphatic rings. The Hall–Kier alpha value is -2.01. The van der Waals surface area contributed by atoms with E-state index in [1.807, 2.05) is 0 Å². The lowest BCUT2D eigenvalue weighted by Gasteiger charge is -2.34. The Bertz CT molecular complexity index is 621. The molecule has 0 bridgehead atoms. The largest absolute Gasteiger partial charge is 0.369 e. The molecular formula is C17H23N5. The topological polar surface area (TPSA) is 47.2 Å². The summed E-state index contributed by atoms with van der Waals surface area (Å²) < 4.78 is 0. The fourth-order valence-electron chi connectivity index (χ4n) is 2.97. The van der Waals surface area contributed by atoms with Gasteiger partial charge in [-0.1, -0.05) is 0 Å². The fraction of sp³-hybridized carbons (Fsp3) is 0.471. The summed E-state index contributed by atoms with van der Waals surface area (Å²) in [4.78, 5) is 4.82. The molecule has 4 rings (SSSR count). The molecule has 2 aromatic rings. The first-order chi connectivity index (χ1) is 10.8. The smallest absolute Gasteiger partial charge is 0.152 e. The van der Waals surface area contributed by atoms with Gasteiger partial charge in [-0.3, -0.25) is 5.10 Å². The molecule has 0 amide bonds. The molecule has 5 nitrogen and oxygen atoms in total. The van der Waals surface area contributed by atoms with Crippen LogP contribution in [0.4, 0.5) is 17.2 Å². The number of nitrogens with zero attached hydrogens (tertiary/aromatic N) is 3. The quantitative estimate of drug-likeness (QED) is 0.911. The van der Waals surface area contributed by atoms with Crippen molar-refractivity contribution in [2.24, 2.45) is 0 Å². The average molecular weight is 297 g/mol. The van der Waals surface area contributed by atoms with Crippen molar-refractivity contribution in [1.29, 1.82) is 0 Å². The highest BCUT2D eigenvalue weighted by atomic mass is 15.2. The van der Waals surface area contributed by atoms with Gasteiger partial charge in [-0.05, 0) is 44.2 Å². The zero-order valence-corrected chi connectivity index (χ0v) is 13.0. The minimum absolute atomic E-state index is 0.711. The van der Waals surface area contributed by atoms with Crippen molar-refractivity contribution in [2.45, 2.75) is 18.8 Å². The fourth-order valence-corrected chi connectivity index (χ4v) is 2.97. The van der Waals surface area contributed by atoms with E-state index in [-0.39, 0.29) is 0 Å². The Morgan fingerprint density at radius 2 is 1.82 bits per heavy atom. The molecule has 0 spiro atoms. The van der Waals surface area contributed by atoms with Crippen molar-refractivity contribution in [2.75, 3.05) is 43.4 Å². The standard InChI is InChI=1S/C17H23N5/c1-21-8-10-22(11-9-21)15-6-4-14(5-7-15)18-17-12-16(19-20-17)13-2-3-13/h4-7,12-13H,2-3,8-11H2,1H3,(H2,18,19,20). The van der Waals surface area contributed by atoms with E-state index in [1.165, 1.54) is 24.2 Å². The second-order valence-electron chi connectivity index (χ2n) is 6.44. The van der Waals surface area contributed by atoms with Gasteiger partial charge in [0.1, 0.15) is 0 Å². The number of aromatic amines is 1. The van der Waals surface area contributed by atoms with E-state index in [9.17, 15) is 0 Å². The van der Waals surface area contributed by atoms with Crippen molar-refractivity contribution in [3.05, 3.63) is 36.0 Å². The summed E-state index contributed by atoms with van der Waals surface area (Å²) in [5.41, 5.74) is 3.66. The van der Waals surface area contributed by atoms with Crippen LogP contribution in [0.15, 0.2) is 30.3 Å². The van der Waals surface area contributed by atoms with Crippen LogP contribution in [0.1, 0.15) is 24.5 Å². The van der Waals surface area contributed by atoms with Crippen LogP contribution >= 0.6 is 0 Å². The highest BCUT2D eigenvalue weighted by Crippen LogP contribution is 2.39. The number of hydrogen-bond acceptors (Lipinski definition) is 4. The number of anilines is 3. The summed E-state index contributed by atoms with van der Waals surface area (Å²) in [6.07, 6.45) is 2.59. The van der Waals surface area contributed by atoms with Crippen LogP contribution in [-0.2, 0) is 0 Å². The molecule has 1 aromatic heterocycles. The second kappa shape index (κ2) is 5.65. The molecule has 1 aliphatic carbocycles. The Kier molecular flexibility index (Phi) is 3.50. The van der Waals surface area contributed by atoms with Crippen LogP contribution in [0.25, 0.3) is 0 Å². The molecule has 1 saturated heterocycles. The maximum atomic E-state index is 4.34. The third-order valence-electron chi connectivity index (χ3n) is 4.62. The number of likely N-dealkylation sites (N-methyl/N-ethyl adjacent to an activating group) is 1. The minimum Gasteiger partial charge on any atom is -0.369 e. The van der Waals surface area contributed by atoms with Crippen LogP contribution in [0.2, 0.25) is 0 Å². The highest BCUT2D eigenvalue weighted by molar-refractivity contribution is 5.61. The van der Waals surface area contributed by atoms with Gasteiger partial charge in [0.2, 0.25) is 0 Å². The molecule has 1 aromatic carbocycles. The van der Waals surface area contributed by atoms with E-state index in [2.05, 4.69) is 62.7 Å². The average Bonchev–Trinajstić information content (AvgIpc) is 3.29. The van der Waals surface area contributed by atoms with E-state index in [4.69, 9.17) is 0 Å². The number of piperazine rings is 1. The van der Waals surface area contributed by atoms with Gasteiger partial charge in [0, 0.05) is 55.2 Å². The molecular weight excluding hydrogens is 274 g/mol. The molecule has 116 valence electrons. The summed E-state index contributed by atoms with van der Waals surface area (Å²) in [7, 11) is 2.18. The lowest BCUT2D eigenvalue weighted by molar-refractivity contribution is 0.313. The number of aromatic nitrogens is 2. The zero-order chi connectivity index (χ0) is 14.9. The molecule has 2 N–H and O–H groups in total. The molecule has 0 radical (unpaired) electrons. The number of hydrogen-bond donors (Lipinski definition) is 2. The maximum Gasteiger partial charge on any atom is 0.152 e. The summed E-state index contributed by atoms with van der Waals surface area (Å²) in [6, 6.07) is 10.8.